The van der Waals surface area contributed by atoms with E-state index in [1.165, 1.54) is 33.4 Å². The van der Waals surface area contributed by atoms with E-state index in [2.05, 4.69) is 131 Å². The predicted molar refractivity (Wildman–Crippen MR) is 163 cm³/mol. The molecule has 0 aromatic heterocycles. The monoisotopic (exact) mass is 517 g/mol. The molecule has 0 amide bonds. The number of allylic oxidation sites excluding steroid dienone is 2. The average Bonchev–Trinajstić information content (AvgIpc) is 2.92. The van der Waals surface area contributed by atoms with E-state index < -0.39 is 5.60 Å². The average molecular weight is 518 g/mol. The third-order valence-corrected chi connectivity index (χ3v) is 7.96. The molecule has 0 saturated carbocycles. The van der Waals surface area contributed by atoms with Gasteiger partial charge in [-0.15, -0.1) is 0 Å². The molecule has 3 aromatic rings. The number of methoxy groups -OCH3 is 1. The SMILES string of the molecule is COC1(c2ccccc2)C=CC(c2ccc(CCC#N)cc2CC(C)C)=CC1(Cc1ccccc1)CC(C)C. The van der Waals surface area contributed by atoms with Crippen LogP contribution in [0.1, 0.15) is 68.4 Å². The topological polar surface area (TPSA) is 33.0 Å². The minimum absolute atomic E-state index is 0.294. The van der Waals surface area contributed by atoms with E-state index >= 15 is 0 Å². The Kier molecular flexibility index (Phi) is 9.26. The first-order valence-corrected chi connectivity index (χ1v) is 14.4. The van der Waals surface area contributed by atoms with Crippen LogP contribution in [0.4, 0.5) is 0 Å². The highest BCUT2D eigenvalue weighted by atomic mass is 16.5. The van der Waals surface area contributed by atoms with Crippen molar-refractivity contribution in [2.24, 2.45) is 17.3 Å². The van der Waals surface area contributed by atoms with Crippen LogP contribution in [-0.4, -0.2) is 7.11 Å². The number of hydrogen-bond acceptors (Lipinski definition) is 2. The van der Waals surface area contributed by atoms with E-state index in [0.717, 1.165) is 25.7 Å². The summed E-state index contributed by atoms with van der Waals surface area (Å²) < 4.78 is 6.63. The third kappa shape index (κ3) is 6.26. The molecular formula is C37H43NO. The molecule has 0 bridgehead atoms. The second-order valence-corrected chi connectivity index (χ2v) is 11.9. The summed E-state index contributed by atoms with van der Waals surface area (Å²) in [6.45, 7) is 9.19. The van der Waals surface area contributed by atoms with Crippen LogP contribution in [-0.2, 0) is 29.6 Å². The minimum Gasteiger partial charge on any atom is -0.368 e. The van der Waals surface area contributed by atoms with E-state index in [0.29, 0.717) is 18.3 Å². The molecule has 0 radical (unpaired) electrons. The number of rotatable bonds is 11. The van der Waals surface area contributed by atoms with Crippen molar-refractivity contribution in [3.8, 4) is 6.07 Å². The Morgan fingerprint density at radius 3 is 2.15 bits per heavy atom. The van der Waals surface area contributed by atoms with Gasteiger partial charge in [0.2, 0.25) is 0 Å². The van der Waals surface area contributed by atoms with Gasteiger partial charge in [-0.2, -0.15) is 5.26 Å². The molecule has 0 spiro atoms. The molecule has 3 aromatic carbocycles. The van der Waals surface area contributed by atoms with Crippen molar-refractivity contribution in [3.05, 3.63) is 125 Å². The molecular weight excluding hydrogens is 474 g/mol. The number of hydrogen-bond donors (Lipinski definition) is 0. The predicted octanol–water partition coefficient (Wildman–Crippen LogP) is 9.11. The van der Waals surface area contributed by atoms with Gasteiger partial charge in [0.15, 0.2) is 0 Å². The van der Waals surface area contributed by atoms with E-state index in [1.807, 2.05) is 7.11 Å². The molecule has 2 nitrogen and oxygen atoms in total. The van der Waals surface area contributed by atoms with Crippen LogP contribution in [0.5, 0.6) is 0 Å². The Bertz CT molecular complexity index is 1330. The van der Waals surface area contributed by atoms with E-state index in [4.69, 9.17) is 10.00 Å². The Labute approximate surface area is 236 Å². The lowest BCUT2D eigenvalue weighted by Gasteiger charge is -2.50. The van der Waals surface area contributed by atoms with Crippen LogP contribution in [0.25, 0.3) is 5.57 Å². The maximum absolute atomic E-state index is 9.14. The molecule has 202 valence electrons. The highest BCUT2D eigenvalue weighted by Crippen LogP contribution is 2.55. The standard InChI is InChI=1S/C37H43NO/c1-28(2)23-33-24-30(15-12-22-38)18-19-35(33)32-20-21-37(39-5,34-16-10-7-11-17-34)36(27-32,25-29(3)4)26-31-13-8-6-9-14-31/h6-11,13-14,16-21,24,27-29H,12,15,23,25-26H2,1-5H3. The smallest absolute Gasteiger partial charge is 0.121 e. The number of nitriles is 1. The second kappa shape index (κ2) is 12.6. The normalized spacial score (nSPS) is 20.7. The Morgan fingerprint density at radius 1 is 0.846 bits per heavy atom. The molecule has 39 heavy (non-hydrogen) atoms. The largest absolute Gasteiger partial charge is 0.368 e. The second-order valence-electron chi connectivity index (χ2n) is 11.9. The molecule has 0 N–H and O–H groups in total. The summed E-state index contributed by atoms with van der Waals surface area (Å²) in [6, 6.07) is 30.7. The fraction of sp³-hybridized carbons (Fsp3) is 0.378. The summed E-state index contributed by atoms with van der Waals surface area (Å²) in [7, 11) is 1.87. The number of benzene rings is 3. The van der Waals surface area contributed by atoms with Crippen molar-refractivity contribution in [2.45, 2.75) is 65.4 Å². The van der Waals surface area contributed by atoms with Gasteiger partial charge < -0.3 is 4.74 Å². The summed E-state index contributed by atoms with van der Waals surface area (Å²) in [6.07, 6.45) is 11.4. The van der Waals surface area contributed by atoms with Gasteiger partial charge in [0.05, 0.1) is 6.07 Å². The zero-order valence-electron chi connectivity index (χ0n) is 24.3. The zero-order valence-corrected chi connectivity index (χ0v) is 24.3. The maximum atomic E-state index is 9.14. The lowest BCUT2D eigenvalue weighted by molar-refractivity contribution is -0.0702. The first kappa shape index (κ1) is 28.6. The van der Waals surface area contributed by atoms with Gasteiger partial charge in [0.1, 0.15) is 5.60 Å². The van der Waals surface area contributed by atoms with Crippen molar-refractivity contribution in [2.75, 3.05) is 7.11 Å². The minimum atomic E-state index is -0.594. The van der Waals surface area contributed by atoms with Gasteiger partial charge in [-0.3, -0.25) is 0 Å². The van der Waals surface area contributed by atoms with Crippen LogP contribution in [0, 0.1) is 28.6 Å². The van der Waals surface area contributed by atoms with Gasteiger partial charge in [0.25, 0.3) is 0 Å². The van der Waals surface area contributed by atoms with Crippen LogP contribution < -0.4 is 0 Å². The number of ether oxygens (including phenoxy) is 1. The molecule has 0 aliphatic heterocycles. The summed E-state index contributed by atoms with van der Waals surface area (Å²) in [5.41, 5.74) is 6.77. The third-order valence-electron chi connectivity index (χ3n) is 7.96. The van der Waals surface area contributed by atoms with E-state index in [-0.39, 0.29) is 5.41 Å². The van der Waals surface area contributed by atoms with Crippen molar-refractivity contribution in [1.29, 1.82) is 5.26 Å². The molecule has 2 atom stereocenters. The van der Waals surface area contributed by atoms with Gasteiger partial charge in [-0.05, 0) is 77.0 Å². The fourth-order valence-corrected chi connectivity index (χ4v) is 6.50. The molecule has 0 saturated heterocycles. The summed E-state index contributed by atoms with van der Waals surface area (Å²) in [4.78, 5) is 0. The molecule has 2 unspecified atom stereocenters. The lowest BCUT2D eigenvalue weighted by Crippen LogP contribution is -2.48. The van der Waals surface area contributed by atoms with Crippen molar-refractivity contribution < 1.29 is 4.74 Å². The van der Waals surface area contributed by atoms with Gasteiger partial charge in [-0.25, -0.2) is 0 Å². The van der Waals surface area contributed by atoms with Crippen LogP contribution in [0.3, 0.4) is 0 Å². The van der Waals surface area contributed by atoms with Crippen molar-refractivity contribution >= 4 is 5.57 Å². The first-order chi connectivity index (χ1) is 18.8. The molecule has 2 heteroatoms. The van der Waals surface area contributed by atoms with Crippen molar-refractivity contribution in [1.82, 2.24) is 0 Å². The quantitative estimate of drug-likeness (QED) is 0.254. The van der Waals surface area contributed by atoms with Crippen molar-refractivity contribution in [3.63, 3.8) is 0 Å². The Hall–Kier alpha value is -3.41. The molecule has 1 aliphatic rings. The van der Waals surface area contributed by atoms with Gasteiger partial charge in [0, 0.05) is 18.9 Å². The summed E-state index contributed by atoms with van der Waals surface area (Å²) in [5, 5.41) is 9.14. The molecule has 4 rings (SSSR count). The maximum Gasteiger partial charge on any atom is 0.121 e. The lowest BCUT2D eigenvalue weighted by atomic mass is 9.58. The number of aryl methyl sites for hydroxylation is 1. The van der Waals surface area contributed by atoms with Crippen LogP contribution in [0.2, 0.25) is 0 Å². The highest BCUT2D eigenvalue weighted by molar-refractivity contribution is 5.79. The van der Waals surface area contributed by atoms with Gasteiger partial charge in [-0.1, -0.05) is 119 Å². The molecule has 0 heterocycles. The van der Waals surface area contributed by atoms with Crippen LogP contribution in [0.15, 0.2) is 97.1 Å². The van der Waals surface area contributed by atoms with Gasteiger partial charge >= 0.3 is 0 Å². The highest BCUT2D eigenvalue weighted by Gasteiger charge is 2.52. The summed E-state index contributed by atoms with van der Waals surface area (Å²) in [5.74, 6) is 1.01. The Morgan fingerprint density at radius 2 is 1.54 bits per heavy atom. The summed E-state index contributed by atoms with van der Waals surface area (Å²) >= 11 is 0. The van der Waals surface area contributed by atoms with E-state index in [9.17, 15) is 0 Å². The Balaban J connectivity index is 1.94. The zero-order chi connectivity index (χ0) is 27.9. The molecule has 1 aliphatic carbocycles. The number of nitrogens with zero attached hydrogens (tertiary/aromatic N) is 1. The fourth-order valence-electron chi connectivity index (χ4n) is 6.50. The molecule has 0 fully saturated rings. The van der Waals surface area contributed by atoms with Crippen LogP contribution >= 0.6 is 0 Å². The van der Waals surface area contributed by atoms with E-state index in [1.54, 1.807) is 0 Å². The first-order valence-electron chi connectivity index (χ1n) is 14.4.